The van der Waals surface area contributed by atoms with E-state index in [0.717, 1.165) is 38.1 Å². The van der Waals surface area contributed by atoms with Crippen LogP contribution in [0.1, 0.15) is 34.7 Å². The van der Waals surface area contributed by atoms with Gasteiger partial charge >= 0.3 is 6.18 Å². The summed E-state index contributed by atoms with van der Waals surface area (Å²) in [7, 11) is 0. The molecule has 1 aliphatic heterocycles. The van der Waals surface area contributed by atoms with Crippen LogP contribution in [0.25, 0.3) is 0 Å². The smallest absolute Gasteiger partial charge is 0.356 e. The highest BCUT2D eigenvalue weighted by Crippen LogP contribution is 2.30. The van der Waals surface area contributed by atoms with Crippen molar-refractivity contribution in [2.75, 3.05) is 23.3 Å². The minimum Gasteiger partial charge on any atom is -0.356 e. The molecule has 0 atom stereocenters. The third-order valence-corrected chi connectivity index (χ3v) is 3.93. The summed E-state index contributed by atoms with van der Waals surface area (Å²) in [5, 5.41) is 2.47. The first-order valence-corrected chi connectivity index (χ1v) is 7.92. The molecule has 0 radical (unpaired) electrons. The Labute approximate surface area is 142 Å². The second-order valence-corrected chi connectivity index (χ2v) is 5.89. The highest BCUT2D eigenvalue weighted by atomic mass is 19.4. The molecule has 1 fully saturated rings. The molecule has 0 spiro atoms. The molecule has 1 aromatic heterocycles. The third kappa shape index (κ3) is 4.07. The molecule has 1 aromatic carbocycles. The molecular weight excluding hydrogens is 333 g/mol. The molecule has 2 heterocycles. The molecule has 25 heavy (non-hydrogen) atoms. The summed E-state index contributed by atoms with van der Waals surface area (Å²) in [6, 6.07) is 6.08. The Balaban J connectivity index is 1.82. The van der Waals surface area contributed by atoms with Crippen molar-refractivity contribution in [1.29, 1.82) is 0 Å². The van der Waals surface area contributed by atoms with Gasteiger partial charge < -0.3 is 10.2 Å². The lowest BCUT2D eigenvalue weighted by Crippen LogP contribution is -2.22. The summed E-state index contributed by atoms with van der Waals surface area (Å²) in [5.74, 6) is 0.544. The van der Waals surface area contributed by atoms with E-state index in [1.165, 1.54) is 12.1 Å². The van der Waals surface area contributed by atoms with Crippen molar-refractivity contribution >= 4 is 17.4 Å². The van der Waals surface area contributed by atoms with Crippen molar-refractivity contribution in [3.05, 3.63) is 47.4 Å². The van der Waals surface area contributed by atoms with E-state index < -0.39 is 17.6 Å². The van der Waals surface area contributed by atoms with E-state index in [4.69, 9.17) is 0 Å². The number of rotatable bonds is 3. The summed E-state index contributed by atoms with van der Waals surface area (Å²) < 4.78 is 38.3. The van der Waals surface area contributed by atoms with Crippen LogP contribution in [0.3, 0.4) is 0 Å². The van der Waals surface area contributed by atoms with Gasteiger partial charge in [-0.05, 0) is 38.0 Å². The fraction of sp³-hybridized carbons (Fsp3) is 0.353. The van der Waals surface area contributed by atoms with Crippen molar-refractivity contribution < 1.29 is 18.0 Å². The molecule has 0 bridgehead atoms. The Morgan fingerprint density at radius 2 is 1.88 bits per heavy atom. The van der Waals surface area contributed by atoms with E-state index in [0.29, 0.717) is 11.6 Å². The predicted molar refractivity (Wildman–Crippen MR) is 87.6 cm³/mol. The van der Waals surface area contributed by atoms with Crippen molar-refractivity contribution in [3.8, 4) is 0 Å². The highest BCUT2D eigenvalue weighted by Gasteiger charge is 2.30. The van der Waals surface area contributed by atoms with Gasteiger partial charge in [0.2, 0.25) is 0 Å². The number of benzene rings is 1. The lowest BCUT2D eigenvalue weighted by atomic mass is 10.2. The van der Waals surface area contributed by atoms with Gasteiger partial charge in [-0.1, -0.05) is 6.07 Å². The van der Waals surface area contributed by atoms with Crippen molar-refractivity contribution in [1.82, 2.24) is 9.97 Å². The number of halogens is 3. The molecule has 0 saturated carbocycles. The minimum absolute atomic E-state index is 0.0683. The van der Waals surface area contributed by atoms with Gasteiger partial charge in [0.25, 0.3) is 5.91 Å². The third-order valence-electron chi connectivity index (χ3n) is 3.93. The molecule has 1 saturated heterocycles. The zero-order valence-electron chi connectivity index (χ0n) is 13.6. The first kappa shape index (κ1) is 17.2. The van der Waals surface area contributed by atoms with Gasteiger partial charge in [-0.15, -0.1) is 0 Å². The lowest BCUT2D eigenvalue weighted by Gasteiger charge is -2.17. The molecular formula is C17H17F3N4O. The molecule has 8 heteroatoms. The van der Waals surface area contributed by atoms with Gasteiger partial charge in [0, 0.05) is 24.8 Å². The Hall–Kier alpha value is -2.64. The van der Waals surface area contributed by atoms with Crippen LogP contribution < -0.4 is 10.2 Å². The van der Waals surface area contributed by atoms with Gasteiger partial charge in [0.15, 0.2) is 0 Å². The fourth-order valence-electron chi connectivity index (χ4n) is 2.74. The number of hydrogen-bond donors (Lipinski definition) is 1. The summed E-state index contributed by atoms with van der Waals surface area (Å²) in [4.78, 5) is 22.9. The maximum Gasteiger partial charge on any atom is 0.416 e. The normalized spacial score (nSPS) is 14.6. The van der Waals surface area contributed by atoms with E-state index in [9.17, 15) is 18.0 Å². The number of anilines is 2. The average molecular weight is 350 g/mol. The Morgan fingerprint density at radius 3 is 2.56 bits per heavy atom. The second-order valence-electron chi connectivity index (χ2n) is 5.89. The van der Waals surface area contributed by atoms with Crippen molar-refractivity contribution in [3.63, 3.8) is 0 Å². The molecule has 132 valence electrons. The molecule has 1 aliphatic rings. The van der Waals surface area contributed by atoms with Gasteiger partial charge in [-0.25, -0.2) is 9.97 Å². The monoisotopic (exact) mass is 350 g/mol. The largest absolute Gasteiger partial charge is 0.416 e. The minimum atomic E-state index is -4.46. The maximum absolute atomic E-state index is 12.8. The van der Waals surface area contributed by atoms with E-state index in [-0.39, 0.29) is 11.4 Å². The number of aromatic nitrogens is 2. The quantitative estimate of drug-likeness (QED) is 0.918. The molecule has 1 amide bonds. The van der Waals surface area contributed by atoms with Crippen molar-refractivity contribution in [2.45, 2.75) is 25.9 Å². The topological polar surface area (TPSA) is 58.1 Å². The van der Waals surface area contributed by atoms with Crippen LogP contribution in [-0.4, -0.2) is 29.0 Å². The Bertz CT molecular complexity index is 786. The Morgan fingerprint density at radius 1 is 1.16 bits per heavy atom. The zero-order valence-corrected chi connectivity index (χ0v) is 13.6. The van der Waals surface area contributed by atoms with Crippen LogP contribution in [0.4, 0.5) is 24.7 Å². The van der Waals surface area contributed by atoms with Crippen molar-refractivity contribution in [2.24, 2.45) is 0 Å². The fourth-order valence-corrected chi connectivity index (χ4v) is 2.74. The number of amides is 1. The van der Waals surface area contributed by atoms with Gasteiger partial charge in [-0.2, -0.15) is 13.2 Å². The van der Waals surface area contributed by atoms with Crippen LogP contribution in [0.15, 0.2) is 30.3 Å². The summed E-state index contributed by atoms with van der Waals surface area (Å²) >= 11 is 0. The van der Waals surface area contributed by atoms with E-state index >= 15 is 0 Å². The number of alkyl halides is 3. The molecule has 2 aromatic rings. The zero-order chi connectivity index (χ0) is 18.0. The number of hydrogen-bond acceptors (Lipinski definition) is 4. The van der Waals surface area contributed by atoms with Crippen LogP contribution in [0.2, 0.25) is 0 Å². The lowest BCUT2D eigenvalue weighted by molar-refractivity contribution is -0.137. The van der Waals surface area contributed by atoms with Crippen LogP contribution in [0.5, 0.6) is 0 Å². The molecule has 0 unspecified atom stereocenters. The summed E-state index contributed by atoms with van der Waals surface area (Å²) in [6.45, 7) is 3.41. The number of nitrogens with zero attached hydrogens (tertiary/aromatic N) is 3. The Kier molecular flexibility index (Phi) is 4.61. The van der Waals surface area contributed by atoms with Gasteiger partial charge in [0.1, 0.15) is 17.3 Å². The van der Waals surface area contributed by atoms with E-state index in [2.05, 4.69) is 20.2 Å². The highest BCUT2D eigenvalue weighted by molar-refractivity contribution is 6.03. The standard InChI is InChI=1S/C17H17F3N4O/c1-11-21-14(10-15(22-11)24-7-2-3-8-24)16(25)23-13-6-4-5-12(9-13)17(18,19)20/h4-6,9-10H,2-3,7-8H2,1H3,(H,23,25). The first-order valence-electron chi connectivity index (χ1n) is 7.92. The first-order chi connectivity index (χ1) is 11.8. The molecule has 5 nitrogen and oxygen atoms in total. The summed E-state index contributed by atoms with van der Waals surface area (Å²) in [5.41, 5.74) is -0.618. The van der Waals surface area contributed by atoms with Crippen LogP contribution >= 0.6 is 0 Å². The van der Waals surface area contributed by atoms with Crippen LogP contribution in [0, 0.1) is 6.92 Å². The average Bonchev–Trinajstić information content (AvgIpc) is 3.08. The number of carbonyl (C=O) groups is 1. The van der Waals surface area contributed by atoms with Gasteiger partial charge in [-0.3, -0.25) is 4.79 Å². The molecule has 0 aliphatic carbocycles. The molecule has 1 N–H and O–H groups in total. The van der Waals surface area contributed by atoms with Crippen LogP contribution in [-0.2, 0) is 6.18 Å². The predicted octanol–water partition coefficient (Wildman–Crippen LogP) is 3.66. The maximum atomic E-state index is 12.8. The summed E-state index contributed by atoms with van der Waals surface area (Å²) in [6.07, 6.45) is -2.33. The number of aryl methyl sites for hydroxylation is 1. The molecule has 3 rings (SSSR count). The number of nitrogens with one attached hydrogen (secondary N) is 1. The van der Waals surface area contributed by atoms with E-state index in [1.807, 2.05) is 0 Å². The number of carbonyl (C=O) groups excluding carboxylic acids is 1. The second kappa shape index (κ2) is 6.70. The SMILES string of the molecule is Cc1nc(C(=O)Nc2cccc(C(F)(F)F)c2)cc(N2CCCC2)n1. The van der Waals surface area contributed by atoms with E-state index in [1.54, 1.807) is 13.0 Å². The van der Waals surface area contributed by atoms with Gasteiger partial charge in [0.05, 0.1) is 5.56 Å².